The first-order chi connectivity index (χ1) is 9.63. The molecule has 1 saturated heterocycles. The van der Waals surface area contributed by atoms with Crippen LogP contribution in [0.2, 0.25) is 0 Å². The van der Waals surface area contributed by atoms with Gasteiger partial charge < -0.3 is 10.2 Å². The van der Waals surface area contributed by atoms with Crippen molar-refractivity contribution >= 4 is 40.9 Å². The first-order valence-electron chi connectivity index (χ1n) is 7.07. The Morgan fingerprint density at radius 1 is 1.43 bits per heavy atom. The van der Waals surface area contributed by atoms with Crippen LogP contribution in [-0.4, -0.2) is 37.0 Å². The normalized spacial score (nSPS) is 15.7. The molecular weight excluding hydrogens is 406 g/mol. The van der Waals surface area contributed by atoms with Crippen LogP contribution in [0.5, 0.6) is 0 Å². The van der Waals surface area contributed by atoms with Gasteiger partial charge in [0.15, 0.2) is 0 Å². The van der Waals surface area contributed by atoms with Crippen LogP contribution in [0.1, 0.15) is 30.1 Å². The van der Waals surface area contributed by atoms with Gasteiger partial charge in [0.2, 0.25) is 0 Å². The van der Waals surface area contributed by atoms with Gasteiger partial charge in [-0.1, -0.05) is 13.0 Å². The summed E-state index contributed by atoms with van der Waals surface area (Å²) in [5.41, 5.74) is 0.221. The van der Waals surface area contributed by atoms with Gasteiger partial charge in [-0.2, -0.15) is 0 Å². The molecule has 0 atom stereocenters. The van der Waals surface area contributed by atoms with Gasteiger partial charge in [0.25, 0.3) is 5.91 Å². The van der Waals surface area contributed by atoms with Gasteiger partial charge in [-0.15, -0.1) is 12.4 Å². The van der Waals surface area contributed by atoms with Gasteiger partial charge in [0, 0.05) is 16.7 Å². The summed E-state index contributed by atoms with van der Waals surface area (Å²) in [6, 6.07) is 4.76. The lowest BCUT2D eigenvalue weighted by atomic mass is 9.96. The Morgan fingerprint density at radius 3 is 2.67 bits per heavy atom. The molecule has 0 aliphatic carbocycles. The Labute approximate surface area is 145 Å². The molecule has 1 fully saturated rings. The number of rotatable bonds is 4. The number of hydrogen-bond donors (Lipinski definition) is 1. The minimum Gasteiger partial charge on any atom is -0.339 e. The van der Waals surface area contributed by atoms with E-state index in [1.807, 2.05) is 22.6 Å². The second kappa shape index (κ2) is 8.90. The Morgan fingerprint density at radius 2 is 2.10 bits per heavy atom. The number of likely N-dealkylation sites (tertiary alicyclic amines) is 1. The molecule has 1 aliphatic rings. The second-order valence-corrected chi connectivity index (χ2v) is 6.30. The Balaban J connectivity index is 0.00000220. The molecule has 1 aromatic rings. The van der Waals surface area contributed by atoms with Crippen LogP contribution in [0.3, 0.4) is 0 Å². The molecule has 1 N–H and O–H groups in total. The summed E-state index contributed by atoms with van der Waals surface area (Å²) in [5, 5.41) is 3.35. The summed E-state index contributed by atoms with van der Waals surface area (Å²) in [6.45, 7) is 5.53. The minimum atomic E-state index is -0.420. The second-order valence-electron chi connectivity index (χ2n) is 5.14. The maximum absolute atomic E-state index is 13.8. The zero-order chi connectivity index (χ0) is 14.5. The van der Waals surface area contributed by atoms with Crippen molar-refractivity contribution in [1.82, 2.24) is 10.2 Å². The highest BCUT2D eigenvalue weighted by molar-refractivity contribution is 14.1. The van der Waals surface area contributed by atoms with E-state index in [9.17, 15) is 9.18 Å². The van der Waals surface area contributed by atoms with Gasteiger partial charge in [-0.3, -0.25) is 4.79 Å². The summed E-state index contributed by atoms with van der Waals surface area (Å²) < 4.78 is 14.5. The lowest BCUT2D eigenvalue weighted by Gasteiger charge is -2.32. The van der Waals surface area contributed by atoms with Crippen molar-refractivity contribution < 1.29 is 9.18 Å². The number of hydrogen-bond acceptors (Lipinski definition) is 2. The largest absolute Gasteiger partial charge is 0.339 e. The van der Waals surface area contributed by atoms with Crippen molar-refractivity contribution in [3.63, 3.8) is 0 Å². The van der Waals surface area contributed by atoms with Crippen LogP contribution in [0.4, 0.5) is 4.39 Å². The van der Waals surface area contributed by atoms with Crippen molar-refractivity contribution in [2.24, 2.45) is 5.92 Å². The molecule has 0 bridgehead atoms. The summed E-state index contributed by atoms with van der Waals surface area (Å²) >= 11 is 2.02. The molecule has 1 aromatic carbocycles. The molecule has 0 aromatic heterocycles. The average Bonchev–Trinajstić information content (AvgIpc) is 2.45. The van der Waals surface area contributed by atoms with Crippen molar-refractivity contribution in [2.75, 3.05) is 26.2 Å². The third-order valence-corrected chi connectivity index (χ3v) is 4.66. The summed E-state index contributed by atoms with van der Waals surface area (Å²) in [6.07, 6.45) is 1.98. The van der Waals surface area contributed by atoms with Crippen molar-refractivity contribution in [3.8, 4) is 0 Å². The maximum Gasteiger partial charge on any atom is 0.257 e. The molecule has 0 radical (unpaired) electrons. The fourth-order valence-electron chi connectivity index (χ4n) is 2.55. The molecule has 21 heavy (non-hydrogen) atoms. The number of nitrogens with zero attached hydrogens (tertiary/aromatic N) is 1. The SMILES string of the molecule is CCNCC1CCN(C(=O)c2c(F)cccc2I)CC1.Cl. The maximum atomic E-state index is 13.8. The lowest BCUT2D eigenvalue weighted by molar-refractivity contribution is 0.0684. The van der Waals surface area contributed by atoms with Gasteiger partial charge in [0.1, 0.15) is 5.82 Å². The number of amides is 1. The first kappa shape index (κ1) is 18.6. The molecular formula is C15H21ClFIN2O. The lowest BCUT2D eigenvalue weighted by Crippen LogP contribution is -2.41. The van der Waals surface area contributed by atoms with E-state index in [0.29, 0.717) is 9.49 Å². The van der Waals surface area contributed by atoms with E-state index in [1.165, 1.54) is 6.07 Å². The molecule has 1 heterocycles. The van der Waals surface area contributed by atoms with E-state index in [2.05, 4.69) is 12.2 Å². The molecule has 118 valence electrons. The van der Waals surface area contributed by atoms with Crippen molar-refractivity contribution in [2.45, 2.75) is 19.8 Å². The van der Waals surface area contributed by atoms with E-state index in [4.69, 9.17) is 0 Å². The predicted molar refractivity (Wildman–Crippen MR) is 93.5 cm³/mol. The first-order valence-corrected chi connectivity index (χ1v) is 8.15. The average molecular weight is 427 g/mol. The molecule has 3 nitrogen and oxygen atoms in total. The van der Waals surface area contributed by atoms with Crippen LogP contribution < -0.4 is 5.32 Å². The number of carbonyl (C=O) groups excluding carboxylic acids is 1. The Hall–Kier alpha value is -0.400. The highest BCUT2D eigenvalue weighted by Gasteiger charge is 2.26. The fraction of sp³-hybridized carbons (Fsp3) is 0.533. The van der Waals surface area contributed by atoms with E-state index in [-0.39, 0.29) is 23.9 Å². The van der Waals surface area contributed by atoms with Gasteiger partial charge in [-0.25, -0.2) is 4.39 Å². The number of halogens is 3. The number of benzene rings is 1. The smallest absolute Gasteiger partial charge is 0.257 e. The van der Waals surface area contributed by atoms with E-state index in [1.54, 1.807) is 17.0 Å². The molecule has 0 saturated carbocycles. The zero-order valence-electron chi connectivity index (χ0n) is 12.1. The highest BCUT2D eigenvalue weighted by atomic mass is 127. The topological polar surface area (TPSA) is 32.3 Å². The van der Waals surface area contributed by atoms with Crippen LogP contribution in [0.25, 0.3) is 0 Å². The van der Waals surface area contributed by atoms with Crippen LogP contribution in [0.15, 0.2) is 18.2 Å². The Bertz CT molecular complexity index is 458. The summed E-state index contributed by atoms with van der Waals surface area (Å²) in [7, 11) is 0. The zero-order valence-corrected chi connectivity index (χ0v) is 15.0. The van der Waals surface area contributed by atoms with E-state index < -0.39 is 5.82 Å². The number of carbonyl (C=O) groups is 1. The number of nitrogens with one attached hydrogen (secondary N) is 1. The minimum absolute atomic E-state index is 0. The molecule has 2 rings (SSSR count). The quantitative estimate of drug-likeness (QED) is 0.749. The van der Waals surface area contributed by atoms with Crippen LogP contribution in [-0.2, 0) is 0 Å². The number of piperidine rings is 1. The van der Waals surface area contributed by atoms with E-state index >= 15 is 0 Å². The molecule has 1 amide bonds. The third-order valence-electron chi connectivity index (χ3n) is 3.76. The fourth-order valence-corrected chi connectivity index (χ4v) is 3.24. The molecule has 6 heteroatoms. The summed E-state index contributed by atoms with van der Waals surface area (Å²) in [4.78, 5) is 14.2. The van der Waals surface area contributed by atoms with Crippen molar-refractivity contribution in [3.05, 3.63) is 33.1 Å². The standard InChI is InChI=1S/C15H20FIN2O.ClH/c1-2-18-10-11-6-8-19(9-7-11)15(20)14-12(16)4-3-5-13(14)17;/h3-5,11,18H,2,6-10H2,1H3;1H. The van der Waals surface area contributed by atoms with Gasteiger partial charge in [0.05, 0.1) is 5.56 Å². The van der Waals surface area contributed by atoms with E-state index in [0.717, 1.165) is 39.0 Å². The molecule has 0 spiro atoms. The summed E-state index contributed by atoms with van der Waals surface area (Å²) in [5.74, 6) is 0.0322. The molecule has 0 unspecified atom stereocenters. The predicted octanol–water partition coefficient (Wildman–Crippen LogP) is 3.31. The van der Waals surface area contributed by atoms with Gasteiger partial charge >= 0.3 is 0 Å². The third kappa shape index (κ3) is 4.79. The Kier molecular flexibility index (Phi) is 7.90. The monoisotopic (exact) mass is 426 g/mol. The van der Waals surface area contributed by atoms with Crippen molar-refractivity contribution in [1.29, 1.82) is 0 Å². The molecule has 1 aliphatic heterocycles. The van der Waals surface area contributed by atoms with Crippen LogP contribution in [0, 0.1) is 15.3 Å². The van der Waals surface area contributed by atoms with Crippen LogP contribution >= 0.6 is 35.0 Å². The highest BCUT2D eigenvalue weighted by Crippen LogP contribution is 2.22. The van der Waals surface area contributed by atoms with Gasteiger partial charge in [-0.05, 0) is 66.6 Å².